The molecule has 0 radical (unpaired) electrons. The molecule has 138 valence electrons. The Morgan fingerprint density at radius 3 is 2.19 bits per heavy atom. The molecule has 1 fully saturated rings. The molecule has 1 saturated heterocycles. The number of aromatic nitrogens is 2. The van der Waals surface area contributed by atoms with Crippen LogP contribution in [0.3, 0.4) is 0 Å². The van der Waals surface area contributed by atoms with E-state index in [1.54, 1.807) is 0 Å². The zero-order valence-electron chi connectivity index (χ0n) is 15.9. The lowest BCUT2D eigenvalue weighted by atomic mass is 10.2. The fourth-order valence-corrected chi connectivity index (χ4v) is 3.52. The van der Waals surface area contributed by atoms with Gasteiger partial charge in [-0.3, -0.25) is 9.80 Å². The average Bonchev–Trinajstić information content (AvgIpc) is 2.71. The van der Waals surface area contributed by atoms with Crippen molar-refractivity contribution in [1.82, 2.24) is 19.8 Å². The van der Waals surface area contributed by atoms with Crippen LogP contribution < -0.4 is 0 Å². The van der Waals surface area contributed by atoms with Crippen LogP contribution in [0.5, 0.6) is 0 Å². The van der Waals surface area contributed by atoms with E-state index in [0.29, 0.717) is 0 Å². The first kappa shape index (κ1) is 17.8. The second-order valence-electron chi connectivity index (χ2n) is 7.13. The fourth-order valence-electron chi connectivity index (χ4n) is 3.52. The Morgan fingerprint density at radius 2 is 1.44 bits per heavy atom. The molecule has 1 aliphatic heterocycles. The molecule has 4 heteroatoms. The summed E-state index contributed by atoms with van der Waals surface area (Å²) in [6.45, 7) is 8.31. The highest BCUT2D eigenvalue weighted by atomic mass is 15.3. The average molecular weight is 358 g/mol. The molecule has 4 rings (SSSR count). The van der Waals surface area contributed by atoms with Crippen molar-refractivity contribution in [1.29, 1.82) is 0 Å². The number of aryl methyl sites for hydroxylation is 1. The first-order valence-electron chi connectivity index (χ1n) is 9.66. The summed E-state index contributed by atoms with van der Waals surface area (Å²) in [5.74, 6) is 0. The minimum absolute atomic E-state index is 0.886. The maximum Gasteiger partial charge on any atom is 0.0890 e. The van der Waals surface area contributed by atoms with Crippen molar-refractivity contribution in [2.75, 3.05) is 32.7 Å². The maximum absolute atomic E-state index is 4.84. The molecule has 3 aromatic rings. The van der Waals surface area contributed by atoms with Gasteiger partial charge >= 0.3 is 0 Å². The van der Waals surface area contributed by atoms with E-state index in [1.165, 1.54) is 5.56 Å². The summed E-state index contributed by atoms with van der Waals surface area (Å²) in [5.41, 5.74) is 5.38. The van der Waals surface area contributed by atoms with Crippen molar-refractivity contribution in [2.45, 2.75) is 13.5 Å². The molecule has 0 aliphatic carbocycles. The van der Waals surface area contributed by atoms with Crippen LogP contribution >= 0.6 is 0 Å². The molecule has 0 spiro atoms. The van der Waals surface area contributed by atoms with Gasteiger partial charge in [-0.25, -0.2) is 9.97 Å². The summed E-state index contributed by atoms with van der Waals surface area (Å²) in [7, 11) is 0. The molecule has 0 atom stereocenters. The van der Waals surface area contributed by atoms with E-state index >= 15 is 0 Å². The van der Waals surface area contributed by atoms with Crippen molar-refractivity contribution in [3.05, 3.63) is 77.6 Å². The first-order chi connectivity index (χ1) is 13.3. The van der Waals surface area contributed by atoms with Gasteiger partial charge in [0, 0.05) is 39.3 Å². The molecule has 2 heterocycles. The third kappa shape index (κ3) is 4.59. The number of fused-ring (bicyclic) bond motifs is 1. The van der Waals surface area contributed by atoms with E-state index in [4.69, 9.17) is 9.97 Å². The normalized spacial score (nSPS) is 16.3. The highest BCUT2D eigenvalue weighted by Crippen LogP contribution is 2.15. The lowest BCUT2D eigenvalue weighted by molar-refractivity contribution is 0.135. The highest BCUT2D eigenvalue weighted by molar-refractivity contribution is 5.74. The van der Waals surface area contributed by atoms with E-state index in [1.807, 2.05) is 24.3 Å². The molecule has 0 amide bonds. The lowest BCUT2D eigenvalue weighted by Gasteiger charge is -2.34. The highest BCUT2D eigenvalue weighted by Gasteiger charge is 2.17. The van der Waals surface area contributed by atoms with Gasteiger partial charge in [0.05, 0.1) is 22.4 Å². The fraction of sp³-hybridized carbons (Fsp3) is 0.304. The smallest absolute Gasteiger partial charge is 0.0890 e. The van der Waals surface area contributed by atoms with Gasteiger partial charge in [-0.15, -0.1) is 0 Å². The van der Waals surface area contributed by atoms with Crippen LogP contribution in [0.2, 0.25) is 0 Å². The number of hydrogen-bond acceptors (Lipinski definition) is 4. The van der Waals surface area contributed by atoms with Crippen LogP contribution in [0.4, 0.5) is 0 Å². The monoisotopic (exact) mass is 358 g/mol. The van der Waals surface area contributed by atoms with Crippen molar-refractivity contribution in [3.63, 3.8) is 0 Å². The molecular weight excluding hydrogens is 332 g/mol. The van der Waals surface area contributed by atoms with Gasteiger partial charge in [-0.2, -0.15) is 0 Å². The molecule has 1 aromatic heterocycles. The summed E-state index contributed by atoms with van der Waals surface area (Å²) >= 11 is 0. The second kappa shape index (κ2) is 8.42. The first-order valence-corrected chi connectivity index (χ1v) is 9.66. The van der Waals surface area contributed by atoms with Crippen LogP contribution in [0.1, 0.15) is 17.0 Å². The topological polar surface area (TPSA) is 32.3 Å². The molecule has 1 aliphatic rings. The van der Waals surface area contributed by atoms with Crippen molar-refractivity contribution in [3.8, 4) is 0 Å². The van der Waals surface area contributed by atoms with Crippen LogP contribution in [-0.2, 0) is 6.54 Å². The van der Waals surface area contributed by atoms with Crippen LogP contribution in [0.25, 0.3) is 17.1 Å². The molecule has 0 N–H and O–H groups in total. The molecule has 2 aromatic carbocycles. The van der Waals surface area contributed by atoms with E-state index in [9.17, 15) is 0 Å². The third-order valence-electron chi connectivity index (χ3n) is 5.15. The number of para-hydroxylation sites is 2. The van der Waals surface area contributed by atoms with Crippen molar-refractivity contribution >= 4 is 17.1 Å². The third-order valence-corrected chi connectivity index (χ3v) is 5.15. The second-order valence-corrected chi connectivity index (χ2v) is 7.13. The Morgan fingerprint density at radius 1 is 0.815 bits per heavy atom. The summed E-state index contributed by atoms with van der Waals surface area (Å²) in [5, 5.41) is 0. The van der Waals surface area contributed by atoms with Crippen LogP contribution in [0.15, 0.2) is 60.7 Å². The number of nitrogens with zero attached hydrogens (tertiary/aromatic N) is 4. The maximum atomic E-state index is 4.84. The predicted molar refractivity (Wildman–Crippen MR) is 111 cm³/mol. The minimum Gasteiger partial charge on any atom is -0.297 e. The van der Waals surface area contributed by atoms with Gasteiger partial charge in [0.25, 0.3) is 0 Å². The zero-order valence-corrected chi connectivity index (χ0v) is 15.9. The minimum atomic E-state index is 0.886. The van der Waals surface area contributed by atoms with Gasteiger partial charge < -0.3 is 0 Å². The Balaban J connectivity index is 1.31. The molecule has 4 nitrogen and oxygen atoms in total. The standard InChI is InChI=1S/C23H26N4/c1-19-23(25-22-12-6-5-11-21(22)24-19)18-27-16-14-26(15-17-27)13-7-10-20-8-3-2-4-9-20/h2-12H,13-18H2,1H3/b10-7+. The molecule has 0 bridgehead atoms. The van der Waals surface area contributed by atoms with E-state index < -0.39 is 0 Å². The van der Waals surface area contributed by atoms with Crippen LogP contribution in [-0.4, -0.2) is 52.5 Å². The predicted octanol–water partition coefficient (Wildman–Crippen LogP) is 3.77. The Labute approximate surface area is 161 Å². The van der Waals surface area contributed by atoms with Crippen molar-refractivity contribution < 1.29 is 0 Å². The Bertz CT molecular complexity index is 912. The molecule has 0 unspecified atom stereocenters. The number of benzene rings is 2. The Kier molecular flexibility index (Phi) is 5.56. The lowest BCUT2D eigenvalue weighted by Crippen LogP contribution is -2.46. The van der Waals surface area contributed by atoms with Crippen LogP contribution in [0, 0.1) is 6.92 Å². The van der Waals surface area contributed by atoms with Gasteiger partial charge in [-0.05, 0) is 24.6 Å². The van der Waals surface area contributed by atoms with Gasteiger partial charge in [0.1, 0.15) is 0 Å². The Hall–Kier alpha value is -2.56. The largest absolute Gasteiger partial charge is 0.297 e. The summed E-state index contributed by atoms with van der Waals surface area (Å²) < 4.78 is 0. The molecule has 27 heavy (non-hydrogen) atoms. The quantitative estimate of drug-likeness (QED) is 0.695. The van der Waals surface area contributed by atoms with Gasteiger partial charge in [0.15, 0.2) is 0 Å². The van der Waals surface area contributed by atoms with Gasteiger partial charge in [-0.1, -0.05) is 54.6 Å². The number of piperazine rings is 1. The number of rotatable bonds is 5. The van der Waals surface area contributed by atoms with Gasteiger partial charge in [0.2, 0.25) is 0 Å². The molecular formula is C23H26N4. The summed E-state index contributed by atoms with van der Waals surface area (Å²) in [6, 6.07) is 18.6. The van der Waals surface area contributed by atoms with Crippen molar-refractivity contribution in [2.24, 2.45) is 0 Å². The molecule has 0 saturated carbocycles. The summed E-state index contributed by atoms with van der Waals surface area (Å²) in [4.78, 5) is 14.6. The van der Waals surface area contributed by atoms with E-state index in [-0.39, 0.29) is 0 Å². The SMILES string of the molecule is Cc1nc2ccccc2nc1CN1CCN(C/C=C/c2ccccc2)CC1. The summed E-state index contributed by atoms with van der Waals surface area (Å²) in [6.07, 6.45) is 4.48. The zero-order chi connectivity index (χ0) is 18.5. The van der Waals surface area contributed by atoms with E-state index in [0.717, 1.165) is 61.7 Å². The number of hydrogen-bond donors (Lipinski definition) is 0. The van der Waals surface area contributed by atoms with E-state index in [2.05, 4.69) is 59.2 Å².